The van der Waals surface area contributed by atoms with Gasteiger partial charge in [-0.05, 0) is 47.0 Å². The van der Waals surface area contributed by atoms with Crippen LogP contribution in [0.15, 0.2) is 23.3 Å². The fourth-order valence-corrected chi connectivity index (χ4v) is 1.77. The Kier molecular flexibility index (Phi) is 10.4. The number of esters is 1. The molecule has 126 valence electrons. The zero-order chi connectivity index (χ0) is 17.1. The summed E-state index contributed by atoms with van der Waals surface area (Å²) in [5.41, 5.74) is 2.38. The molecule has 0 radical (unpaired) electrons. The van der Waals surface area contributed by atoms with Gasteiger partial charge in [-0.2, -0.15) is 0 Å². The lowest BCUT2D eigenvalue weighted by atomic mass is 9.98. The minimum absolute atomic E-state index is 0.267. The molecule has 0 aromatic carbocycles. The first kappa shape index (κ1) is 20.5. The van der Waals surface area contributed by atoms with E-state index in [1.165, 1.54) is 12.5 Å². The van der Waals surface area contributed by atoms with Crippen molar-refractivity contribution in [2.45, 2.75) is 53.1 Å². The van der Waals surface area contributed by atoms with Gasteiger partial charge in [0.25, 0.3) is 0 Å². The lowest BCUT2D eigenvalue weighted by molar-refractivity contribution is -0.154. The summed E-state index contributed by atoms with van der Waals surface area (Å²) in [4.78, 5) is 23.4. The molecule has 5 nitrogen and oxygen atoms in total. The van der Waals surface area contributed by atoms with Gasteiger partial charge in [0.2, 0.25) is 0 Å². The van der Waals surface area contributed by atoms with Gasteiger partial charge in [-0.15, -0.1) is 0 Å². The van der Waals surface area contributed by atoms with Gasteiger partial charge in [0.1, 0.15) is 24.4 Å². The number of hydrogen-bond acceptors (Lipinski definition) is 5. The molecule has 0 fully saturated rings. The maximum Gasteiger partial charge on any atom is 0.316 e. The first-order valence-corrected chi connectivity index (χ1v) is 7.52. The molecule has 0 bridgehead atoms. The lowest BCUT2D eigenvalue weighted by Gasteiger charge is -2.14. The van der Waals surface area contributed by atoms with E-state index < -0.39 is 24.6 Å². The van der Waals surface area contributed by atoms with E-state index in [2.05, 4.69) is 6.08 Å². The molecule has 22 heavy (non-hydrogen) atoms. The van der Waals surface area contributed by atoms with E-state index in [0.29, 0.717) is 6.42 Å². The van der Waals surface area contributed by atoms with E-state index in [1.54, 1.807) is 0 Å². The summed E-state index contributed by atoms with van der Waals surface area (Å²) in [5, 5.41) is 17.8. The smallest absolute Gasteiger partial charge is 0.316 e. The molecule has 0 aromatic heterocycles. The summed E-state index contributed by atoms with van der Waals surface area (Å²) in [6, 6.07) is 0. The summed E-state index contributed by atoms with van der Waals surface area (Å²) in [6.45, 7) is 6.62. The highest BCUT2D eigenvalue weighted by Gasteiger charge is 2.24. The van der Waals surface area contributed by atoms with Crippen molar-refractivity contribution in [1.82, 2.24) is 0 Å². The van der Waals surface area contributed by atoms with Crippen LogP contribution >= 0.6 is 0 Å². The van der Waals surface area contributed by atoms with Crippen LogP contribution in [-0.2, 0) is 14.3 Å². The van der Waals surface area contributed by atoms with Gasteiger partial charge < -0.3 is 14.9 Å². The Hall–Kier alpha value is -1.46. The van der Waals surface area contributed by atoms with Crippen LogP contribution in [0.25, 0.3) is 0 Å². The summed E-state index contributed by atoms with van der Waals surface area (Å²) in [7, 11) is 0. The molecule has 0 aromatic rings. The SMILES string of the molecule is CC(=O)C(C/C=C(\C)CCC=C(C)C)C(=O)OCC(O)CO. The van der Waals surface area contributed by atoms with Gasteiger partial charge in [0.05, 0.1) is 6.61 Å². The molecule has 2 N–H and O–H groups in total. The van der Waals surface area contributed by atoms with Crippen LogP contribution in [0, 0.1) is 5.92 Å². The van der Waals surface area contributed by atoms with Crippen LogP contribution in [-0.4, -0.2) is 41.3 Å². The maximum atomic E-state index is 11.8. The zero-order valence-electron chi connectivity index (χ0n) is 14.0. The molecular weight excluding hydrogens is 284 g/mol. The standard InChI is InChI=1S/C17H28O5/c1-12(2)6-5-7-13(3)8-9-16(14(4)19)17(21)22-11-15(20)10-18/h6,8,15-16,18,20H,5,7,9-11H2,1-4H3/b13-8+. The van der Waals surface area contributed by atoms with Crippen molar-refractivity contribution in [1.29, 1.82) is 0 Å². The third kappa shape index (κ3) is 9.47. The Morgan fingerprint density at radius 2 is 1.77 bits per heavy atom. The Bertz CT molecular complexity index is 419. The minimum atomic E-state index is -1.11. The molecule has 0 spiro atoms. The first-order valence-electron chi connectivity index (χ1n) is 7.52. The van der Waals surface area contributed by atoms with Gasteiger partial charge in [0, 0.05) is 0 Å². The van der Waals surface area contributed by atoms with Crippen molar-refractivity contribution >= 4 is 11.8 Å². The molecule has 0 aliphatic heterocycles. The normalized spacial score (nSPS) is 14.2. The third-order valence-corrected chi connectivity index (χ3v) is 3.20. The molecule has 0 aliphatic rings. The van der Waals surface area contributed by atoms with E-state index >= 15 is 0 Å². The van der Waals surface area contributed by atoms with Crippen molar-refractivity contribution in [2.75, 3.05) is 13.2 Å². The van der Waals surface area contributed by atoms with Crippen LogP contribution < -0.4 is 0 Å². The predicted octanol–water partition coefficient (Wildman–Crippen LogP) is 2.17. The molecular formula is C17H28O5. The van der Waals surface area contributed by atoms with Crippen molar-refractivity contribution in [3.05, 3.63) is 23.3 Å². The molecule has 2 atom stereocenters. The number of ketones is 1. The predicted molar refractivity (Wildman–Crippen MR) is 85.3 cm³/mol. The Morgan fingerprint density at radius 1 is 1.14 bits per heavy atom. The molecule has 0 saturated heterocycles. The topological polar surface area (TPSA) is 83.8 Å². The number of ether oxygens (including phenoxy) is 1. The zero-order valence-corrected chi connectivity index (χ0v) is 14.0. The summed E-state index contributed by atoms with van der Waals surface area (Å²) in [6.07, 6.45) is 5.03. The summed E-state index contributed by atoms with van der Waals surface area (Å²) < 4.78 is 4.85. The van der Waals surface area contributed by atoms with E-state index in [9.17, 15) is 9.59 Å². The van der Waals surface area contributed by atoms with Gasteiger partial charge in [-0.25, -0.2) is 0 Å². The fourth-order valence-electron chi connectivity index (χ4n) is 1.77. The second kappa shape index (κ2) is 11.2. The van der Waals surface area contributed by atoms with Crippen molar-refractivity contribution in [2.24, 2.45) is 5.92 Å². The summed E-state index contributed by atoms with van der Waals surface area (Å²) >= 11 is 0. The molecule has 5 heteroatoms. The number of carbonyl (C=O) groups excluding carboxylic acids is 2. The number of hydrogen-bond donors (Lipinski definition) is 2. The molecule has 0 amide bonds. The molecule has 0 saturated carbocycles. The number of aliphatic hydroxyl groups is 2. The number of Topliss-reactive ketones (excluding diaryl/α,β-unsaturated/α-hetero) is 1. The molecule has 0 rings (SSSR count). The molecule has 0 heterocycles. The van der Waals surface area contributed by atoms with Crippen molar-refractivity contribution in [3.8, 4) is 0 Å². The van der Waals surface area contributed by atoms with Crippen LogP contribution in [0.1, 0.15) is 47.0 Å². The Morgan fingerprint density at radius 3 is 2.27 bits per heavy atom. The Balaban J connectivity index is 4.48. The van der Waals surface area contributed by atoms with Gasteiger partial charge >= 0.3 is 5.97 Å². The van der Waals surface area contributed by atoms with Gasteiger partial charge in [-0.3, -0.25) is 9.59 Å². The molecule has 2 unspecified atom stereocenters. The number of rotatable bonds is 10. The highest BCUT2D eigenvalue weighted by atomic mass is 16.5. The van der Waals surface area contributed by atoms with Gasteiger partial charge in [0.15, 0.2) is 0 Å². The second-order valence-electron chi connectivity index (χ2n) is 5.74. The first-order chi connectivity index (χ1) is 10.3. The average molecular weight is 312 g/mol. The highest BCUT2D eigenvalue weighted by Crippen LogP contribution is 2.14. The largest absolute Gasteiger partial charge is 0.462 e. The lowest BCUT2D eigenvalue weighted by Crippen LogP contribution is -2.28. The summed E-state index contributed by atoms with van der Waals surface area (Å²) in [5.74, 6) is -1.78. The van der Waals surface area contributed by atoms with Crippen molar-refractivity contribution in [3.63, 3.8) is 0 Å². The van der Waals surface area contributed by atoms with E-state index in [0.717, 1.165) is 18.4 Å². The number of carbonyl (C=O) groups is 2. The number of aliphatic hydroxyl groups excluding tert-OH is 2. The molecule has 0 aliphatic carbocycles. The van der Waals surface area contributed by atoms with Crippen LogP contribution in [0.2, 0.25) is 0 Å². The average Bonchev–Trinajstić information content (AvgIpc) is 2.43. The monoisotopic (exact) mass is 312 g/mol. The van der Waals surface area contributed by atoms with E-state index in [4.69, 9.17) is 14.9 Å². The van der Waals surface area contributed by atoms with Gasteiger partial charge in [-0.1, -0.05) is 23.3 Å². The maximum absolute atomic E-state index is 11.8. The van der Waals surface area contributed by atoms with Crippen LogP contribution in [0.4, 0.5) is 0 Å². The highest BCUT2D eigenvalue weighted by molar-refractivity contribution is 5.97. The van der Waals surface area contributed by atoms with E-state index in [1.807, 2.05) is 26.8 Å². The van der Waals surface area contributed by atoms with Crippen LogP contribution in [0.3, 0.4) is 0 Å². The minimum Gasteiger partial charge on any atom is -0.462 e. The van der Waals surface area contributed by atoms with Crippen molar-refractivity contribution < 1.29 is 24.5 Å². The quantitative estimate of drug-likeness (QED) is 0.367. The van der Waals surface area contributed by atoms with E-state index in [-0.39, 0.29) is 12.4 Å². The fraction of sp³-hybridized carbons (Fsp3) is 0.647. The third-order valence-electron chi connectivity index (χ3n) is 3.20. The van der Waals surface area contributed by atoms with Crippen LogP contribution in [0.5, 0.6) is 0 Å². The Labute approximate surface area is 132 Å². The second-order valence-corrected chi connectivity index (χ2v) is 5.74. The number of allylic oxidation sites excluding steroid dienone is 4.